The molecule has 1 aromatic carbocycles. The topological polar surface area (TPSA) is 84.6 Å². The molecule has 0 heterocycles. The van der Waals surface area contributed by atoms with Gasteiger partial charge in [0.1, 0.15) is 6.04 Å². The summed E-state index contributed by atoms with van der Waals surface area (Å²) < 4.78 is 41.6. The lowest BCUT2D eigenvalue weighted by Gasteiger charge is -2.18. The van der Waals surface area contributed by atoms with Crippen LogP contribution in [0.4, 0.5) is 13.2 Å². The molecule has 0 fully saturated rings. The summed E-state index contributed by atoms with van der Waals surface area (Å²) in [6, 6.07) is 2.48. The zero-order chi connectivity index (χ0) is 15.3. The van der Waals surface area contributed by atoms with E-state index in [9.17, 15) is 23.1 Å². The van der Waals surface area contributed by atoms with Crippen molar-refractivity contribution in [3.8, 4) is 11.5 Å². The zero-order valence-electron chi connectivity index (χ0n) is 10.7. The Balaban J connectivity index is 2.97. The summed E-state index contributed by atoms with van der Waals surface area (Å²) in [6.07, 6.45) is -4.46. The number of phenols is 1. The van der Waals surface area contributed by atoms with E-state index in [0.29, 0.717) is 0 Å². The number of carbonyl (C=O) groups is 1. The minimum absolute atomic E-state index is 0.0741. The van der Waals surface area contributed by atoms with Gasteiger partial charge in [0.25, 0.3) is 0 Å². The molecule has 0 aliphatic heterocycles. The molecule has 0 bridgehead atoms. The van der Waals surface area contributed by atoms with Crippen molar-refractivity contribution in [1.29, 1.82) is 0 Å². The van der Waals surface area contributed by atoms with Crippen LogP contribution in [0.15, 0.2) is 18.2 Å². The van der Waals surface area contributed by atoms with Crippen LogP contribution in [0, 0.1) is 0 Å². The Morgan fingerprint density at radius 2 is 2.15 bits per heavy atom. The Kier molecular flexibility index (Phi) is 5.20. The Hall–Kier alpha value is -1.96. The predicted molar refractivity (Wildman–Crippen MR) is 65.3 cm³/mol. The first kappa shape index (κ1) is 16.1. The Labute approximate surface area is 113 Å². The average Bonchev–Trinajstić information content (AvgIpc) is 2.31. The number of halogens is 3. The minimum atomic E-state index is -4.46. The monoisotopic (exact) mass is 292 g/mol. The Morgan fingerprint density at radius 1 is 1.50 bits per heavy atom. The number of nitrogens with two attached hydrogens (primary N) is 1. The summed E-state index contributed by atoms with van der Waals surface area (Å²) >= 11 is 0. The SMILES string of the molecule is CCOc1cc(C(NCC(F)(F)F)C(N)=O)ccc1O. The highest BCUT2D eigenvalue weighted by Crippen LogP contribution is 2.29. The van der Waals surface area contributed by atoms with Crippen LogP contribution >= 0.6 is 0 Å². The lowest BCUT2D eigenvalue weighted by atomic mass is 10.1. The molecule has 0 aliphatic carbocycles. The second-order valence-electron chi connectivity index (χ2n) is 3.99. The first-order valence-electron chi connectivity index (χ1n) is 5.79. The van der Waals surface area contributed by atoms with Gasteiger partial charge < -0.3 is 15.6 Å². The fraction of sp³-hybridized carbons (Fsp3) is 0.417. The van der Waals surface area contributed by atoms with Gasteiger partial charge in [-0.1, -0.05) is 6.07 Å². The van der Waals surface area contributed by atoms with E-state index in [1.54, 1.807) is 6.92 Å². The van der Waals surface area contributed by atoms with E-state index in [1.807, 2.05) is 5.32 Å². The number of hydrogen-bond acceptors (Lipinski definition) is 4. The second-order valence-corrected chi connectivity index (χ2v) is 3.99. The lowest BCUT2D eigenvalue weighted by molar-refractivity contribution is -0.130. The van der Waals surface area contributed by atoms with Crippen LogP contribution in [0.25, 0.3) is 0 Å². The molecule has 8 heteroatoms. The first-order chi connectivity index (χ1) is 9.24. The van der Waals surface area contributed by atoms with Gasteiger partial charge in [0.05, 0.1) is 13.2 Å². The predicted octanol–water partition coefficient (Wildman–Crippen LogP) is 1.47. The fourth-order valence-electron chi connectivity index (χ4n) is 1.58. The first-order valence-corrected chi connectivity index (χ1v) is 5.79. The van der Waals surface area contributed by atoms with E-state index in [2.05, 4.69) is 0 Å². The van der Waals surface area contributed by atoms with Gasteiger partial charge in [0, 0.05) is 0 Å². The van der Waals surface area contributed by atoms with Crippen molar-refractivity contribution in [2.75, 3.05) is 13.2 Å². The van der Waals surface area contributed by atoms with Crippen molar-refractivity contribution in [1.82, 2.24) is 5.32 Å². The van der Waals surface area contributed by atoms with E-state index < -0.39 is 24.7 Å². The molecule has 1 amide bonds. The molecular formula is C12H15F3N2O3. The van der Waals surface area contributed by atoms with Crippen molar-refractivity contribution >= 4 is 5.91 Å². The summed E-state index contributed by atoms with van der Waals surface area (Å²) in [6.45, 7) is 0.583. The standard InChI is InChI=1S/C12H15F3N2O3/c1-2-20-9-5-7(3-4-8(9)18)10(11(16)19)17-6-12(13,14)15/h3-5,10,17-18H,2,6H2,1H3,(H2,16,19). The van der Waals surface area contributed by atoms with Crippen LogP contribution in [-0.2, 0) is 4.79 Å². The van der Waals surface area contributed by atoms with Gasteiger partial charge in [-0.25, -0.2) is 0 Å². The summed E-state index contributed by atoms with van der Waals surface area (Å²) in [5, 5.41) is 11.5. The smallest absolute Gasteiger partial charge is 0.401 e. The van der Waals surface area contributed by atoms with E-state index in [-0.39, 0.29) is 23.7 Å². The summed E-state index contributed by atoms with van der Waals surface area (Å²) in [5.74, 6) is -1.05. The van der Waals surface area contributed by atoms with Gasteiger partial charge in [-0.15, -0.1) is 0 Å². The Bertz CT molecular complexity index is 478. The number of rotatable bonds is 6. The van der Waals surface area contributed by atoms with Gasteiger partial charge in [0.15, 0.2) is 11.5 Å². The molecule has 1 rings (SSSR count). The highest BCUT2D eigenvalue weighted by atomic mass is 19.4. The largest absolute Gasteiger partial charge is 0.504 e. The third-order valence-electron chi connectivity index (χ3n) is 2.41. The summed E-state index contributed by atoms with van der Waals surface area (Å²) in [4.78, 5) is 11.3. The highest BCUT2D eigenvalue weighted by molar-refractivity contribution is 5.81. The lowest BCUT2D eigenvalue weighted by Crippen LogP contribution is -2.38. The molecule has 112 valence electrons. The number of ether oxygens (including phenoxy) is 1. The van der Waals surface area contributed by atoms with Crippen molar-refractivity contribution in [2.45, 2.75) is 19.1 Å². The normalized spacial score (nSPS) is 13.0. The van der Waals surface area contributed by atoms with Crippen molar-refractivity contribution in [3.05, 3.63) is 23.8 Å². The number of nitrogens with one attached hydrogen (secondary N) is 1. The molecule has 5 nitrogen and oxygen atoms in total. The maximum atomic E-state index is 12.2. The zero-order valence-corrected chi connectivity index (χ0v) is 10.7. The molecule has 1 atom stereocenters. The van der Waals surface area contributed by atoms with Crippen LogP contribution in [0.2, 0.25) is 0 Å². The molecule has 0 aliphatic rings. The molecular weight excluding hydrogens is 277 g/mol. The Morgan fingerprint density at radius 3 is 2.65 bits per heavy atom. The van der Waals surface area contributed by atoms with Crippen LogP contribution in [-0.4, -0.2) is 30.3 Å². The van der Waals surface area contributed by atoms with Crippen molar-refractivity contribution < 1.29 is 27.8 Å². The maximum Gasteiger partial charge on any atom is 0.401 e. The average molecular weight is 292 g/mol. The molecule has 20 heavy (non-hydrogen) atoms. The summed E-state index contributed by atoms with van der Waals surface area (Å²) in [5.41, 5.74) is 5.27. The highest BCUT2D eigenvalue weighted by Gasteiger charge is 2.30. The fourth-order valence-corrected chi connectivity index (χ4v) is 1.58. The van der Waals surface area contributed by atoms with Crippen LogP contribution in [0.1, 0.15) is 18.5 Å². The number of amides is 1. The number of primary amides is 1. The second kappa shape index (κ2) is 6.47. The number of hydrogen-bond donors (Lipinski definition) is 3. The quantitative estimate of drug-likeness (QED) is 0.741. The van der Waals surface area contributed by atoms with Gasteiger partial charge >= 0.3 is 6.18 Å². The molecule has 1 aromatic rings. The maximum absolute atomic E-state index is 12.2. The van der Waals surface area contributed by atoms with E-state index in [1.165, 1.54) is 18.2 Å². The molecule has 4 N–H and O–H groups in total. The summed E-state index contributed by atoms with van der Waals surface area (Å²) in [7, 11) is 0. The molecule has 0 radical (unpaired) electrons. The molecule has 0 aromatic heterocycles. The molecule has 1 unspecified atom stereocenters. The minimum Gasteiger partial charge on any atom is -0.504 e. The van der Waals surface area contributed by atoms with Crippen LogP contribution < -0.4 is 15.8 Å². The van der Waals surface area contributed by atoms with Gasteiger partial charge in [-0.3, -0.25) is 10.1 Å². The van der Waals surface area contributed by atoms with Crippen molar-refractivity contribution in [3.63, 3.8) is 0 Å². The van der Waals surface area contributed by atoms with Crippen molar-refractivity contribution in [2.24, 2.45) is 5.73 Å². The molecule has 0 saturated carbocycles. The number of alkyl halides is 3. The third kappa shape index (κ3) is 4.61. The van der Waals surface area contributed by atoms with E-state index in [0.717, 1.165) is 0 Å². The van der Waals surface area contributed by atoms with Gasteiger partial charge in [0.2, 0.25) is 5.91 Å². The number of carbonyl (C=O) groups excluding carboxylic acids is 1. The number of benzene rings is 1. The number of aromatic hydroxyl groups is 1. The number of phenolic OH excluding ortho intramolecular Hbond substituents is 1. The van der Waals surface area contributed by atoms with E-state index >= 15 is 0 Å². The van der Waals surface area contributed by atoms with Crippen LogP contribution in [0.5, 0.6) is 11.5 Å². The third-order valence-corrected chi connectivity index (χ3v) is 2.41. The van der Waals surface area contributed by atoms with Crippen LogP contribution in [0.3, 0.4) is 0 Å². The van der Waals surface area contributed by atoms with Gasteiger partial charge in [-0.2, -0.15) is 13.2 Å². The van der Waals surface area contributed by atoms with E-state index in [4.69, 9.17) is 10.5 Å². The van der Waals surface area contributed by atoms with Gasteiger partial charge in [-0.05, 0) is 24.6 Å². The molecule has 0 spiro atoms. The molecule has 0 saturated heterocycles.